The number of anilines is 1. The Morgan fingerprint density at radius 3 is 2.41 bits per heavy atom. The van der Waals surface area contributed by atoms with Gasteiger partial charge in [0.1, 0.15) is 11.6 Å². The van der Waals surface area contributed by atoms with Gasteiger partial charge in [-0.25, -0.2) is 4.39 Å². The van der Waals surface area contributed by atoms with Crippen LogP contribution in [0.15, 0.2) is 30.3 Å². The first-order valence-corrected chi connectivity index (χ1v) is 10.9. The molecule has 4 rings (SSSR count). The summed E-state index contributed by atoms with van der Waals surface area (Å²) < 4.78 is 13.2. The average molecular weight is 417 g/mol. The third-order valence-electron chi connectivity index (χ3n) is 6.23. The van der Waals surface area contributed by atoms with E-state index in [2.05, 4.69) is 41.2 Å². The zero-order valence-electron chi connectivity index (χ0n) is 17.5. The number of benzene rings is 1. The van der Waals surface area contributed by atoms with Crippen molar-refractivity contribution in [1.29, 1.82) is 0 Å². The number of fused-ring (bicyclic) bond motifs is 1. The van der Waals surface area contributed by atoms with Gasteiger partial charge in [-0.1, -0.05) is 32.4 Å². The maximum Gasteiger partial charge on any atom is 0.148 e. The van der Waals surface area contributed by atoms with Gasteiger partial charge in [0.05, 0.1) is 10.7 Å². The van der Waals surface area contributed by atoms with Crippen LogP contribution in [0.5, 0.6) is 0 Å². The highest BCUT2D eigenvalue weighted by molar-refractivity contribution is 6.33. The van der Waals surface area contributed by atoms with Gasteiger partial charge in [0.2, 0.25) is 0 Å². The number of hydrogen-bond donors (Lipinski definition) is 1. The second-order valence-electron chi connectivity index (χ2n) is 9.83. The molecule has 1 aromatic carbocycles. The van der Waals surface area contributed by atoms with Gasteiger partial charge in [0, 0.05) is 24.7 Å². The molecule has 1 saturated heterocycles. The largest absolute Gasteiger partial charge is 0.366 e. The lowest BCUT2D eigenvalue weighted by Gasteiger charge is -2.24. The van der Waals surface area contributed by atoms with Crippen LogP contribution in [0.1, 0.15) is 40.0 Å². The molecule has 1 saturated carbocycles. The highest BCUT2D eigenvalue weighted by atomic mass is 35.5. The van der Waals surface area contributed by atoms with E-state index in [0.717, 1.165) is 17.7 Å². The van der Waals surface area contributed by atoms with Crippen molar-refractivity contribution in [3.8, 4) is 11.3 Å². The fourth-order valence-corrected chi connectivity index (χ4v) is 4.91. The third-order valence-corrected chi connectivity index (χ3v) is 6.54. The van der Waals surface area contributed by atoms with Gasteiger partial charge in [0.15, 0.2) is 0 Å². The van der Waals surface area contributed by atoms with Crippen molar-refractivity contribution in [2.45, 2.75) is 46.1 Å². The third kappa shape index (κ3) is 5.07. The Morgan fingerprint density at radius 2 is 1.83 bits per heavy atom. The molecule has 0 spiro atoms. The Hall–Kier alpha value is -1.72. The first-order valence-electron chi connectivity index (χ1n) is 10.5. The topological polar surface area (TPSA) is 41.0 Å². The van der Waals surface area contributed by atoms with Crippen molar-refractivity contribution in [2.75, 3.05) is 25.0 Å². The molecule has 2 aliphatic rings. The number of aromatic nitrogens is 2. The molecule has 0 unspecified atom stereocenters. The van der Waals surface area contributed by atoms with Gasteiger partial charge in [-0.05, 0) is 73.4 Å². The van der Waals surface area contributed by atoms with Crippen LogP contribution in [0, 0.1) is 23.1 Å². The normalized spacial score (nSPS) is 24.7. The maximum absolute atomic E-state index is 13.2. The highest BCUT2D eigenvalue weighted by Crippen LogP contribution is 2.39. The highest BCUT2D eigenvalue weighted by Gasteiger charge is 2.40. The Labute approximate surface area is 177 Å². The number of nitrogens with zero attached hydrogens (tertiary/aromatic N) is 3. The molecule has 1 aliphatic carbocycles. The van der Waals surface area contributed by atoms with E-state index in [-0.39, 0.29) is 5.82 Å². The number of likely N-dealkylation sites (tertiary alicyclic amines) is 1. The predicted molar refractivity (Wildman–Crippen MR) is 117 cm³/mol. The molecule has 1 N–H and O–H groups in total. The van der Waals surface area contributed by atoms with Gasteiger partial charge < -0.3 is 10.2 Å². The van der Waals surface area contributed by atoms with Gasteiger partial charge in [0.25, 0.3) is 0 Å². The Balaban J connectivity index is 1.30. The van der Waals surface area contributed by atoms with Crippen LogP contribution in [0.4, 0.5) is 10.2 Å². The van der Waals surface area contributed by atoms with Crippen LogP contribution in [-0.4, -0.2) is 40.8 Å². The minimum Gasteiger partial charge on any atom is -0.366 e. The summed E-state index contributed by atoms with van der Waals surface area (Å²) in [6, 6.07) is 8.61. The summed E-state index contributed by atoms with van der Waals surface area (Å²) in [6.07, 6.45) is 3.65. The molecule has 1 aromatic heterocycles. The van der Waals surface area contributed by atoms with Gasteiger partial charge in [-0.15, -0.1) is 10.2 Å². The van der Waals surface area contributed by atoms with Crippen molar-refractivity contribution < 1.29 is 4.39 Å². The molecule has 6 heteroatoms. The van der Waals surface area contributed by atoms with E-state index in [9.17, 15) is 4.39 Å². The van der Waals surface area contributed by atoms with Gasteiger partial charge in [-0.2, -0.15) is 0 Å². The zero-order valence-corrected chi connectivity index (χ0v) is 18.2. The molecule has 1 aliphatic heterocycles. The summed E-state index contributed by atoms with van der Waals surface area (Å²) in [7, 11) is 0. The van der Waals surface area contributed by atoms with Crippen LogP contribution in [-0.2, 0) is 0 Å². The first-order chi connectivity index (χ1) is 13.8. The molecule has 2 aromatic rings. The van der Waals surface area contributed by atoms with E-state index in [4.69, 9.17) is 11.6 Å². The summed E-state index contributed by atoms with van der Waals surface area (Å²) in [5.74, 6) is 2.02. The lowest BCUT2D eigenvalue weighted by atomic mass is 9.92. The van der Waals surface area contributed by atoms with Crippen molar-refractivity contribution >= 4 is 17.4 Å². The van der Waals surface area contributed by atoms with Gasteiger partial charge >= 0.3 is 0 Å². The number of nitrogens with one attached hydrogen (secondary N) is 1. The van der Waals surface area contributed by atoms with Crippen molar-refractivity contribution in [1.82, 2.24) is 15.1 Å². The summed E-state index contributed by atoms with van der Waals surface area (Å²) in [6.45, 7) is 10.6. The fraction of sp³-hybridized carbons (Fsp3) is 0.565. The molecule has 156 valence electrons. The Kier molecular flexibility index (Phi) is 5.80. The average Bonchev–Trinajstić information content (AvgIpc) is 3.18. The number of rotatable bonds is 5. The van der Waals surface area contributed by atoms with Gasteiger partial charge in [-0.3, -0.25) is 0 Å². The van der Waals surface area contributed by atoms with Crippen molar-refractivity contribution in [3.05, 3.63) is 41.2 Å². The molecule has 4 nitrogen and oxygen atoms in total. The van der Waals surface area contributed by atoms with Crippen LogP contribution >= 0.6 is 11.6 Å². The smallest absolute Gasteiger partial charge is 0.148 e. The summed E-state index contributed by atoms with van der Waals surface area (Å²) >= 11 is 6.13. The van der Waals surface area contributed by atoms with E-state index in [0.29, 0.717) is 27.7 Å². The number of halogens is 2. The predicted octanol–water partition coefficient (Wildman–Crippen LogP) is 5.49. The molecule has 29 heavy (non-hydrogen) atoms. The van der Waals surface area contributed by atoms with E-state index in [1.807, 2.05) is 12.1 Å². The molecule has 2 fully saturated rings. The van der Waals surface area contributed by atoms with Crippen LogP contribution < -0.4 is 5.32 Å². The van der Waals surface area contributed by atoms with Crippen LogP contribution in [0.25, 0.3) is 11.3 Å². The van der Waals surface area contributed by atoms with Crippen LogP contribution in [0.3, 0.4) is 0 Å². The Bertz CT molecular complexity index is 835. The van der Waals surface area contributed by atoms with Crippen LogP contribution in [0.2, 0.25) is 5.02 Å². The minimum absolute atomic E-state index is 0.347. The fourth-order valence-electron chi connectivity index (χ4n) is 4.65. The second-order valence-corrected chi connectivity index (χ2v) is 10.2. The molecule has 0 bridgehead atoms. The van der Waals surface area contributed by atoms with E-state index >= 15 is 0 Å². The Morgan fingerprint density at radius 1 is 1.10 bits per heavy atom. The molecule has 0 radical (unpaired) electrons. The van der Waals surface area contributed by atoms with E-state index < -0.39 is 0 Å². The molecular weight excluding hydrogens is 387 g/mol. The molecular formula is C23H30ClFN4. The van der Waals surface area contributed by atoms with E-state index in [1.54, 1.807) is 6.07 Å². The monoisotopic (exact) mass is 416 g/mol. The lowest BCUT2D eigenvalue weighted by Crippen LogP contribution is -2.28. The van der Waals surface area contributed by atoms with Crippen molar-refractivity contribution in [2.24, 2.45) is 17.3 Å². The first kappa shape index (κ1) is 20.5. The summed E-state index contributed by atoms with van der Waals surface area (Å²) in [5, 5.41) is 12.5. The molecule has 3 atom stereocenters. The SMILES string of the molecule is CC(C)(C)CCN1C[C@H]2C[C@@H](Nc3ccc(-c4ccc(F)cc4Cl)nn3)C[C@H]2C1. The summed E-state index contributed by atoms with van der Waals surface area (Å²) in [5.41, 5.74) is 1.75. The maximum atomic E-state index is 13.2. The van der Waals surface area contributed by atoms with Crippen molar-refractivity contribution in [3.63, 3.8) is 0 Å². The summed E-state index contributed by atoms with van der Waals surface area (Å²) in [4.78, 5) is 2.65. The standard InChI is InChI=1S/C23H30ClFN4/c1-23(2,3)8-9-29-13-15-10-18(11-16(15)14-29)26-22-7-6-21(27-28-22)19-5-4-17(25)12-20(19)24/h4-7,12,15-16,18H,8-11,13-14H2,1-3H3,(H,26,28)/t15-,16+,18-. The van der Waals surface area contributed by atoms with E-state index in [1.165, 1.54) is 51.0 Å². The molecule has 2 heterocycles. The zero-order chi connectivity index (χ0) is 20.6. The quantitative estimate of drug-likeness (QED) is 0.699. The minimum atomic E-state index is -0.353. The second kappa shape index (κ2) is 8.19. The number of hydrogen-bond acceptors (Lipinski definition) is 4. The lowest BCUT2D eigenvalue weighted by molar-refractivity contribution is 0.250. The molecule has 0 amide bonds.